The molecule has 3 aromatic rings. The minimum atomic E-state index is -1.27. The molecule has 0 spiro atoms. The number of fused-ring (bicyclic) bond motifs is 1. The van der Waals surface area contributed by atoms with E-state index in [2.05, 4.69) is 15.0 Å². The van der Waals surface area contributed by atoms with Gasteiger partial charge in [-0.25, -0.2) is 4.98 Å². The van der Waals surface area contributed by atoms with Crippen LogP contribution >= 0.6 is 11.6 Å². The number of nitrogens with zero attached hydrogens (tertiary/aromatic N) is 4. The summed E-state index contributed by atoms with van der Waals surface area (Å²) >= 11 is 5.88. The van der Waals surface area contributed by atoms with Gasteiger partial charge in [0.1, 0.15) is 18.3 Å². The molecule has 2 aromatic heterocycles. The zero-order chi connectivity index (χ0) is 20.5. The highest BCUT2D eigenvalue weighted by atomic mass is 35.5. The first kappa shape index (κ1) is 19.8. The maximum Gasteiger partial charge on any atom is 0.320 e. The first-order valence-corrected chi connectivity index (χ1v) is 9.35. The van der Waals surface area contributed by atoms with Crippen LogP contribution in [0.15, 0.2) is 30.6 Å². The van der Waals surface area contributed by atoms with Crippen molar-refractivity contribution in [2.24, 2.45) is 0 Å². The zero-order valence-corrected chi connectivity index (χ0v) is 16.0. The zero-order valence-electron chi connectivity index (χ0n) is 15.2. The predicted molar refractivity (Wildman–Crippen MR) is 103 cm³/mol. The Hall–Kier alpha value is -2.50. The minimum absolute atomic E-state index is 0.0532. The van der Waals surface area contributed by atoms with Crippen molar-refractivity contribution in [2.45, 2.75) is 31.0 Å². The van der Waals surface area contributed by atoms with Gasteiger partial charge >= 0.3 is 6.01 Å². The second-order valence-electron chi connectivity index (χ2n) is 6.67. The summed E-state index contributed by atoms with van der Waals surface area (Å²) in [4.78, 5) is 12.6. The minimum Gasteiger partial charge on any atom is -0.463 e. The maximum atomic E-state index is 10.3. The first-order valence-electron chi connectivity index (χ1n) is 8.97. The van der Waals surface area contributed by atoms with Gasteiger partial charge in [0.05, 0.1) is 19.5 Å². The lowest BCUT2D eigenvalue weighted by molar-refractivity contribution is -0.0511. The summed E-state index contributed by atoms with van der Waals surface area (Å²) in [6.07, 6.45) is -2.41. The van der Waals surface area contributed by atoms with Crippen LogP contribution in [0.1, 0.15) is 11.8 Å². The van der Waals surface area contributed by atoms with Crippen molar-refractivity contribution in [2.75, 3.05) is 18.9 Å². The smallest absolute Gasteiger partial charge is 0.320 e. The fourth-order valence-electron chi connectivity index (χ4n) is 3.19. The Balaban J connectivity index is 1.54. The number of nitrogen functional groups attached to an aromatic ring is 1. The van der Waals surface area contributed by atoms with Gasteiger partial charge in [-0.1, -0.05) is 23.7 Å². The molecule has 0 bridgehead atoms. The summed E-state index contributed by atoms with van der Waals surface area (Å²) in [7, 11) is 0. The number of aromatic nitrogens is 4. The molecule has 1 saturated heterocycles. The van der Waals surface area contributed by atoms with Crippen LogP contribution in [0.4, 0.5) is 5.82 Å². The third kappa shape index (κ3) is 3.85. The van der Waals surface area contributed by atoms with E-state index in [1.165, 1.54) is 10.9 Å². The fraction of sp³-hybridized carbons (Fsp3) is 0.389. The van der Waals surface area contributed by atoms with Gasteiger partial charge in [-0.2, -0.15) is 9.97 Å². The fourth-order valence-corrected chi connectivity index (χ4v) is 3.32. The van der Waals surface area contributed by atoms with Crippen molar-refractivity contribution in [3.63, 3.8) is 0 Å². The van der Waals surface area contributed by atoms with Crippen LogP contribution in [-0.2, 0) is 11.2 Å². The summed E-state index contributed by atoms with van der Waals surface area (Å²) < 4.78 is 12.6. The Labute approximate surface area is 170 Å². The second-order valence-corrected chi connectivity index (χ2v) is 7.11. The number of aliphatic hydroxyl groups excluding tert-OH is 3. The number of hydrogen-bond donors (Lipinski definition) is 4. The number of aliphatic hydroxyl groups is 3. The van der Waals surface area contributed by atoms with E-state index in [-0.39, 0.29) is 17.5 Å². The molecule has 0 radical (unpaired) electrons. The molecule has 1 fully saturated rings. The molecule has 3 heterocycles. The average Bonchev–Trinajstić information content (AvgIpc) is 3.25. The van der Waals surface area contributed by atoms with Gasteiger partial charge in [-0.3, -0.25) is 4.57 Å². The lowest BCUT2D eigenvalue weighted by Crippen LogP contribution is -2.33. The molecule has 4 atom stereocenters. The summed E-state index contributed by atoms with van der Waals surface area (Å²) in [5.74, 6) is 0.113. The monoisotopic (exact) mass is 421 g/mol. The van der Waals surface area contributed by atoms with Gasteiger partial charge in [0.25, 0.3) is 0 Å². The molecule has 1 aliphatic heterocycles. The van der Waals surface area contributed by atoms with E-state index in [4.69, 9.17) is 26.8 Å². The van der Waals surface area contributed by atoms with Crippen molar-refractivity contribution < 1.29 is 24.8 Å². The van der Waals surface area contributed by atoms with E-state index in [0.29, 0.717) is 23.6 Å². The van der Waals surface area contributed by atoms with Gasteiger partial charge in [-0.05, 0) is 17.7 Å². The largest absolute Gasteiger partial charge is 0.463 e. The van der Waals surface area contributed by atoms with Crippen LogP contribution in [0.3, 0.4) is 0 Å². The van der Waals surface area contributed by atoms with Crippen LogP contribution in [0.5, 0.6) is 6.01 Å². The Morgan fingerprint density at radius 2 is 1.93 bits per heavy atom. The van der Waals surface area contributed by atoms with E-state index in [0.717, 1.165) is 5.56 Å². The van der Waals surface area contributed by atoms with Crippen molar-refractivity contribution in [1.82, 2.24) is 19.5 Å². The highest BCUT2D eigenvalue weighted by Gasteiger charge is 2.44. The molecular formula is C18H20ClN5O5. The van der Waals surface area contributed by atoms with Crippen molar-refractivity contribution in [3.05, 3.63) is 41.2 Å². The number of rotatable bonds is 6. The molecule has 0 aliphatic carbocycles. The predicted octanol–water partition coefficient (Wildman–Crippen LogP) is 0.295. The molecule has 4 rings (SSSR count). The summed E-state index contributed by atoms with van der Waals surface area (Å²) in [6.45, 7) is -0.119. The lowest BCUT2D eigenvalue weighted by atomic mass is 10.1. The standard InChI is InChI=1S/C18H20ClN5O5/c19-10-3-1-9(2-4-10)5-6-28-18-22-15(20)12-16(23-18)24(8-21-12)17-14(27)13(26)11(7-25)29-17/h1-4,8,11,13-14,17,25-27H,5-7H2,(H2,20,22,23)/t11-,13+,14-,17-/m1/s1. The van der Waals surface area contributed by atoms with Crippen LogP contribution in [0, 0.1) is 0 Å². The number of hydrogen-bond acceptors (Lipinski definition) is 9. The van der Waals surface area contributed by atoms with Crippen molar-refractivity contribution in [1.29, 1.82) is 0 Å². The highest BCUT2D eigenvalue weighted by Crippen LogP contribution is 2.32. The second kappa shape index (κ2) is 8.09. The van der Waals surface area contributed by atoms with Gasteiger partial charge in [0.2, 0.25) is 0 Å². The Morgan fingerprint density at radius 1 is 1.17 bits per heavy atom. The molecule has 0 saturated carbocycles. The molecular weight excluding hydrogens is 402 g/mol. The molecule has 0 unspecified atom stereocenters. The number of benzene rings is 1. The van der Waals surface area contributed by atoms with Gasteiger partial charge in [0.15, 0.2) is 23.2 Å². The lowest BCUT2D eigenvalue weighted by Gasteiger charge is -2.16. The third-order valence-corrected chi connectivity index (χ3v) is 5.01. The average molecular weight is 422 g/mol. The van der Waals surface area contributed by atoms with Crippen LogP contribution < -0.4 is 10.5 Å². The molecule has 29 heavy (non-hydrogen) atoms. The number of anilines is 1. The Bertz CT molecular complexity index is 998. The van der Waals surface area contributed by atoms with Crippen LogP contribution in [-0.4, -0.2) is 66.4 Å². The molecule has 154 valence electrons. The molecule has 0 amide bonds. The highest BCUT2D eigenvalue weighted by molar-refractivity contribution is 6.30. The van der Waals surface area contributed by atoms with E-state index in [9.17, 15) is 15.3 Å². The van der Waals surface area contributed by atoms with E-state index in [1.807, 2.05) is 12.1 Å². The van der Waals surface area contributed by atoms with E-state index in [1.54, 1.807) is 12.1 Å². The van der Waals surface area contributed by atoms with Gasteiger partial charge in [0, 0.05) is 11.4 Å². The third-order valence-electron chi connectivity index (χ3n) is 4.75. The number of halogens is 1. The van der Waals surface area contributed by atoms with Crippen molar-refractivity contribution >= 4 is 28.6 Å². The van der Waals surface area contributed by atoms with Crippen molar-refractivity contribution in [3.8, 4) is 6.01 Å². The van der Waals surface area contributed by atoms with Gasteiger partial charge < -0.3 is 30.5 Å². The molecule has 1 aliphatic rings. The topological polar surface area (TPSA) is 149 Å². The molecule has 1 aromatic carbocycles. The normalized spacial score (nSPS) is 24.3. The van der Waals surface area contributed by atoms with Crippen LogP contribution in [0.25, 0.3) is 11.2 Å². The Morgan fingerprint density at radius 3 is 2.62 bits per heavy atom. The Kier molecular flexibility index (Phi) is 5.52. The SMILES string of the molecule is Nc1nc(OCCc2ccc(Cl)cc2)nc2c1ncn2[C@@H]1O[C@H](CO)[C@H](O)[C@H]1O. The number of ether oxygens (including phenoxy) is 2. The van der Waals surface area contributed by atoms with E-state index < -0.39 is 31.1 Å². The summed E-state index contributed by atoms with van der Waals surface area (Å²) in [5, 5.41) is 30.2. The van der Waals surface area contributed by atoms with Gasteiger partial charge in [-0.15, -0.1) is 0 Å². The number of imidazole rings is 1. The van der Waals surface area contributed by atoms with Crippen LogP contribution in [0.2, 0.25) is 5.02 Å². The molecule has 11 heteroatoms. The summed E-state index contributed by atoms with van der Waals surface area (Å²) in [6, 6.07) is 7.47. The molecule has 10 nitrogen and oxygen atoms in total. The first-order chi connectivity index (χ1) is 14.0. The summed E-state index contributed by atoms with van der Waals surface area (Å²) in [5.41, 5.74) is 7.61. The molecule has 5 N–H and O–H groups in total. The quantitative estimate of drug-likeness (QED) is 0.440. The van der Waals surface area contributed by atoms with E-state index >= 15 is 0 Å². The number of nitrogens with two attached hydrogens (primary N) is 1. The maximum absolute atomic E-state index is 10.3.